The lowest BCUT2D eigenvalue weighted by molar-refractivity contribution is 0.249. The lowest BCUT2D eigenvalue weighted by Gasteiger charge is -2.17. The lowest BCUT2D eigenvalue weighted by atomic mass is 10.1. The summed E-state index contributed by atoms with van der Waals surface area (Å²) in [5.41, 5.74) is 1.48. The maximum absolute atomic E-state index is 12.1. The van der Waals surface area contributed by atoms with Crippen LogP contribution in [0.1, 0.15) is 19.8 Å². The number of nitrogens with zero attached hydrogens (tertiary/aromatic N) is 2. The summed E-state index contributed by atoms with van der Waals surface area (Å²) >= 11 is 0. The SMILES string of the molecule is CCCN1CCC(CNC(=O)Nc2cccc(N3CCNC3=O)c2)C1. The predicted octanol–water partition coefficient (Wildman–Crippen LogP) is 2.07. The number of carbonyl (C=O) groups is 2. The van der Waals surface area contributed by atoms with Crippen molar-refractivity contribution >= 4 is 23.4 Å². The van der Waals surface area contributed by atoms with Crippen LogP contribution >= 0.6 is 0 Å². The Morgan fingerprint density at radius 1 is 1.36 bits per heavy atom. The van der Waals surface area contributed by atoms with E-state index in [9.17, 15) is 9.59 Å². The summed E-state index contributed by atoms with van der Waals surface area (Å²) in [7, 11) is 0. The smallest absolute Gasteiger partial charge is 0.321 e. The van der Waals surface area contributed by atoms with E-state index in [0.717, 1.165) is 31.7 Å². The molecule has 2 saturated heterocycles. The summed E-state index contributed by atoms with van der Waals surface area (Å²) < 4.78 is 0. The Labute approximate surface area is 148 Å². The van der Waals surface area contributed by atoms with Crippen LogP contribution in [-0.4, -0.2) is 56.2 Å². The standard InChI is InChI=1S/C18H27N5O2/c1-2-8-22-9-6-14(13-22)12-20-17(24)21-15-4-3-5-16(11-15)23-10-7-19-18(23)25/h3-5,11,14H,2,6-10,12-13H2,1H3,(H,19,25)(H2,20,21,24). The third-order valence-corrected chi connectivity index (χ3v) is 4.73. The average molecular weight is 345 g/mol. The van der Waals surface area contributed by atoms with E-state index in [1.807, 2.05) is 24.3 Å². The molecule has 3 rings (SSSR count). The van der Waals surface area contributed by atoms with Crippen molar-refractivity contribution in [3.8, 4) is 0 Å². The molecule has 136 valence electrons. The minimum absolute atomic E-state index is 0.0977. The highest BCUT2D eigenvalue weighted by Gasteiger charge is 2.23. The fourth-order valence-corrected chi connectivity index (χ4v) is 3.48. The molecule has 0 radical (unpaired) electrons. The molecule has 0 spiro atoms. The summed E-state index contributed by atoms with van der Waals surface area (Å²) in [6.45, 7) is 7.51. The third-order valence-electron chi connectivity index (χ3n) is 4.73. The molecule has 25 heavy (non-hydrogen) atoms. The van der Waals surface area contributed by atoms with Gasteiger partial charge in [0.2, 0.25) is 0 Å². The first-order valence-corrected chi connectivity index (χ1v) is 9.08. The zero-order valence-electron chi connectivity index (χ0n) is 14.8. The first-order valence-electron chi connectivity index (χ1n) is 9.08. The van der Waals surface area contributed by atoms with E-state index >= 15 is 0 Å². The molecule has 3 N–H and O–H groups in total. The van der Waals surface area contributed by atoms with E-state index in [4.69, 9.17) is 0 Å². The molecular weight excluding hydrogens is 318 g/mol. The number of nitrogens with one attached hydrogen (secondary N) is 3. The van der Waals surface area contributed by atoms with Crippen molar-refractivity contribution in [1.29, 1.82) is 0 Å². The highest BCUT2D eigenvalue weighted by atomic mass is 16.2. The van der Waals surface area contributed by atoms with Crippen molar-refractivity contribution in [3.63, 3.8) is 0 Å². The summed E-state index contributed by atoms with van der Waals surface area (Å²) in [5, 5.41) is 8.60. The number of hydrogen-bond donors (Lipinski definition) is 3. The Bertz CT molecular complexity index is 621. The second-order valence-corrected chi connectivity index (χ2v) is 6.72. The molecule has 1 aromatic rings. The van der Waals surface area contributed by atoms with Crippen molar-refractivity contribution in [1.82, 2.24) is 15.5 Å². The monoisotopic (exact) mass is 345 g/mol. The van der Waals surface area contributed by atoms with Crippen LogP contribution in [0.15, 0.2) is 24.3 Å². The zero-order chi connectivity index (χ0) is 17.6. The van der Waals surface area contributed by atoms with Crippen molar-refractivity contribution in [2.24, 2.45) is 5.92 Å². The Balaban J connectivity index is 1.47. The topological polar surface area (TPSA) is 76.7 Å². The van der Waals surface area contributed by atoms with Crippen molar-refractivity contribution in [3.05, 3.63) is 24.3 Å². The Hall–Kier alpha value is -2.28. The number of rotatable bonds is 6. The number of amides is 4. The van der Waals surface area contributed by atoms with Crippen molar-refractivity contribution in [2.75, 3.05) is 49.5 Å². The molecule has 7 nitrogen and oxygen atoms in total. The van der Waals surface area contributed by atoms with Crippen LogP contribution in [0.5, 0.6) is 0 Å². The Kier molecular flexibility index (Phi) is 5.75. The van der Waals surface area contributed by atoms with Crippen LogP contribution in [0, 0.1) is 5.92 Å². The van der Waals surface area contributed by atoms with Crippen molar-refractivity contribution < 1.29 is 9.59 Å². The quantitative estimate of drug-likeness (QED) is 0.739. The summed E-state index contributed by atoms with van der Waals surface area (Å²) in [6, 6.07) is 7.07. The molecule has 0 aromatic heterocycles. The molecule has 2 fully saturated rings. The molecule has 2 aliphatic rings. The maximum atomic E-state index is 12.1. The third kappa shape index (κ3) is 4.63. The van der Waals surface area contributed by atoms with Crippen LogP contribution in [0.2, 0.25) is 0 Å². The van der Waals surface area contributed by atoms with Gasteiger partial charge in [-0.15, -0.1) is 0 Å². The largest absolute Gasteiger partial charge is 0.338 e. The second-order valence-electron chi connectivity index (χ2n) is 6.72. The molecule has 2 heterocycles. The Morgan fingerprint density at radius 2 is 2.24 bits per heavy atom. The van der Waals surface area contributed by atoms with E-state index in [0.29, 0.717) is 31.2 Å². The van der Waals surface area contributed by atoms with Gasteiger partial charge in [0, 0.05) is 37.6 Å². The van der Waals surface area contributed by atoms with Gasteiger partial charge in [-0.1, -0.05) is 13.0 Å². The lowest BCUT2D eigenvalue weighted by Crippen LogP contribution is -2.34. The maximum Gasteiger partial charge on any atom is 0.321 e. The average Bonchev–Trinajstić information content (AvgIpc) is 3.22. The van der Waals surface area contributed by atoms with Gasteiger partial charge in [-0.3, -0.25) is 4.90 Å². The van der Waals surface area contributed by atoms with E-state index in [1.54, 1.807) is 4.90 Å². The number of benzene rings is 1. The van der Waals surface area contributed by atoms with Gasteiger partial charge in [0.25, 0.3) is 0 Å². The molecular formula is C18H27N5O2. The van der Waals surface area contributed by atoms with Gasteiger partial charge >= 0.3 is 12.1 Å². The van der Waals surface area contributed by atoms with Gasteiger partial charge in [0.1, 0.15) is 0 Å². The van der Waals surface area contributed by atoms with E-state index < -0.39 is 0 Å². The second kappa shape index (κ2) is 8.20. The summed E-state index contributed by atoms with van der Waals surface area (Å²) in [5.74, 6) is 0.525. The zero-order valence-corrected chi connectivity index (χ0v) is 14.8. The van der Waals surface area contributed by atoms with Crippen LogP contribution in [-0.2, 0) is 0 Å². The van der Waals surface area contributed by atoms with Gasteiger partial charge in [-0.05, 0) is 50.0 Å². The van der Waals surface area contributed by atoms with E-state index in [2.05, 4.69) is 27.8 Å². The number of carbonyl (C=O) groups excluding carboxylic acids is 2. The normalized spacial score (nSPS) is 20.6. The molecule has 0 saturated carbocycles. The van der Waals surface area contributed by atoms with Gasteiger partial charge < -0.3 is 20.9 Å². The summed E-state index contributed by atoms with van der Waals surface area (Å²) in [6.07, 6.45) is 2.31. The number of urea groups is 2. The molecule has 1 unspecified atom stereocenters. The molecule has 7 heteroatoms. The molecule has 0 aliphatic carbocycles. The fraction of sp³-hybridized carbons (Fsp3) is 0.556. The first-order chi connectivity index (χ1) is 12.2. The van der Waals surface area contributed by atoms with E-state index in [1.165, 1.54) is 6.42 Å². The number of hydrogen-bond acceptors (Lipinski definition) is 3. The Morgan fingerprint density at radius 3 is 3.00 bits per heavy atom. The van der Waals surface area contributed by atoms with Crippen LogP contribution in [0.4, 0.5) is 21.0 Å². The van der Waals surface area contributed by atoms with Gasteiger partial charge in [0.15, 0.2) is 0 Å². The minimum atomic E-state index is -0.197. The summed E-state index contributed by atoms with van der Waals surface area (Å²) in [4.78, 5) is 28.0. The van der Waals surface area contributed by atoms with Gasteiger partial charge in [-0.2, -0.15) is 0 Å². The predicted molar refractivity (Wildman–Crippen MR) is 99.0 cm³/mol. The van der Waals surface area contributed by atoms with Crippen molar-refractivity contribution in [2.45, 2.75) is 19.8 Å². The van der Waals surface area contributed by atoms with Crippen LogP contribution in [0.25, 0.3) is 0 Å². The van der Waals surface area contributed by atoms with Crippen LogP contribution < -0.4 is 20.9 Å². The molecule has 2 aliphatic heterocycles. The molecule has 1 aromatic carbocycles. The van der Waals surface area contributed by atoms with Gasteiger partial charge in [0.05, 0.1) is 0 Å². The van der Waals surface area contributed by atoms with Crippen LogP contribution in [0.3, 0.4) is 0 Å². The number of likely N-dealkylation sites (tertiary alicyclic amines) is 1. The highest BCUT2D eigenvalue weighted by molar-refractivity contribution is 5.95. The number of anilines is 2. The first kappa shape index (κ1) is 17.5. The minimum Gasteiger partial charge on any atom is -0.338 e. The molecule has 1 atom stereocenters. The van der Waals surface area contributed by atoms with E-state index in [-0.39, 0.29) is 12.1 Å². The highest BCUT2D eigenvalue weighted by Crippen LogP contribution is 2.21. The van der Waals surface area contributed by atoms with Gasteiger partial charge in [-0.25, -0.2) is 9.59 Å². The fourth-order valence-electron chi connectivity index (χ4n) is 3.48. The molecule has 4 amide bonds. The molecule has 0 bridgehead atoms.